The largest absolute Gasteiger partial charge is 0.348 e. The number of carbonyl (C=O) groups is 2. The van der Waals surface area contributed by atoms with E-state index in [1.165, 1.54) is 6.20 Å². The molecule has 2 aromatic carbocycles. The molecule has 1 heterocycles. The lowest BCUT2D eigenvalue weighted by atomic mass is 10.1. The molecule has 3 aromatic rings. The second-order valence-electron chi connectivity index (χ2n) is 5.80. The summed E-state index contributed by atoms with van der Waals surface area (Å²) < 4.78 is 39.8. The molecule has 2 N–H and O–H groups in total. The maximum Gasteiger partial charge on any atom is 0.257 e. The number of aromatic nitrogens is 1. The van der Waals surface area contributed by atoms with Gasteiger partial charge in [0.2, 0.25) is 0 Å². The molecule has 0 radical (unpaired) electrons. The molecule has 142 valence electrons. The van der Waals surface area contributed by atoms with Crippen molar-refractivity contribution in [2.45, 2.75) is 6.54 Å². The summed E-state index contributed by atoms with van der Waals surface area (Å²) in [7, 11) is 0. The Labute approximate surface area is 158 Å². The number of pyridine rings is 1. The molecular weight excluding hydrogens is 371 g/mol. The fourth-order valence-electron chi connectivity index (χ4n) is 2.39. The van der Waals surface area contributed by atoms with Crippen LogP contribution in [0.2, 0.25) is 0 Å². The van der Waals surface area contributed by atoms with Gasteiger partial charge in [-0.1, -0.05) is 12.1 Å². The minimum Gasteiger partial charge on any atom is -0.348 e. The monoisotopic (exact) mass is 385 g/mol. The summed E-state index contributed by atoms with van der Waals surface area (Å²) in [6.07, 6.45) is 3.00. The van der Waals surface area contributed by atoms with Crippen LogP contribution in [0, 0.1) is 17.5 Å². The van der Waals surface area contributed by atoms with E-state index >= 15 is 0 Å². The number of carbonyl (C=O) groups excluding carboxylic acids is 2. The highest BCUT2D eigenvalue weighted by Gasteiger charge is 2.18. The zero-order chi connectivity index (χ0) is 20.1. The van der Waals surface area contributed by atoms with Gasteiger partial charge in [-0.3, -0.25) is 14.6 Å². The Morgan fingerprint density at radius 3 is 2.32 bits per heavy atom. The molecule has 0 bridgehead atoms. The van der Waals surface area contributed by atoms with E-state index in [1.54, 1.807) is 42.6 Å². The molecule has 0 saturated carbocycles. The van der Waals surface area contributed by atoms with Crippen LogP contribution in [0.5, 0.6) is 0 Å². The first-order chi connectivity index (χ1) is 13.5. The van der Waals surface area contributed by atoms with Crippen LogP contribution in [-0.4, -0.2) is 16.8 Å². The molecule has 2 amide bonds. The van der Waals surface area contributed by atoms with E-state index in [-0.39, 0.29) is 12.5 Å². The highest BCUT2D eigenvalue weighted by Crippen LogP contribution is 2.16. The van der Waals surface area contributed by atoms with Crippen LogP contribution in [0.3, 0.4) is 0 Å². The molecule has 0 atom stereocenters. The van der Waals surface area contributed by atoms with Gasteiger partial charge in [-0.15, -0.1) is 0 Å². The third kappa shape index (κ3) is 4.35. The summed E-state index contributed by atoms with van der Waals surface area (Å²) in [5.41, 5.74) is 1.03. The lowest BCUT2D eigenvalue weighted by Crippen LogP contribution is -2.24. The first-order valence-electron chi connectivity index (χ1n) is 8.17. The molecule has 28 heavy (non-hydrogen) atoms. The van der Waals surface area contributed by atoms with Gasteiger partial charge in [0, 0.05) is 24.6 Å². The van der Waals surface area contributed by atoms with Crippen molar-refractivity contribution in [1.29, 1.82) is 0 Å². The molecule has 0 aliphatic heterocycles. The SMILES string of the molecule is O=C(Nc1ccc(CNC(=O)c2ccc(F)c(F)c2F)cc1)c1cccnc1. The van der Waals surface area contributed by atoms with Crippen LogP contribution < -0.4 is 10.6 Å². The molecule has 0 saturated heterocycles. The fraction of sp³-hybridized carbons (Fsp3) is 0.0500. The third-order valence-electron chi connectivity index (χ3n) is 3.87. The highest BCUT2D eigenvalue weighted by atomic mass is 19.2. The van der Waals surface area contributed by atoms with Crippen molar-refractivity contribution >= 4 is 17.5 Å². The van der Waals surface area contributed by atoms with E-state index < -0.39 is 28.9 Å². The zero-order valence-corrected chi connectivity index (χ0v) is 14.4. The van der Waals surface area contributed by atoms with E-state index in [4.69, 9.17) is 0 Å². The molecule has 0 unspecified atom stereocenters. The summed E-state index contributed by atoms with van der Waals surface area (Å²) in [6.45, 7) is 0.0358. The van der Waals surface area contributed by atoms with Gasteiger partial charge in [-0.25, -0.2) is 13.2 Å². The summed E-state index contributed by atoms with van der Waals surface area (Å²) in [4.78, 5) is 27.9. The number of halogens is 3. The number of benzene rings is 2. The topological polar surface area (TPSA) is 71.1 Å². The van der Waals surface area contributed by atoms with E-state index in [2.05, 4.69) is 15.6 Å². The highest BCUT2D eigenvalue weighted by molar-refractivity contribution is 6.04. The molecule has 3 rings (SSSR count). The number of nitrogens with zero attached hydrogens (tertiary/aromatic N) is 1. The average Bonchev–Trinajstić information content (AvgIpc) is 2.72. The molecule has 1 aromatic heterocycles. The fourth-order valence-corrected chi connectivity index (χ4v) is 2.39. The van der Waals surface area contributed by atoms with Crippen LogP contribution in [-0.2, 0) is 6.54 Å². The molecule has 0 aliphatic carbocycles. The minimum absolute atomic E-state index is 0.0358. The number of hydrogen-bond acceptors (Lipinski definition) is 3. The normalized spacial score (nSPS) is 10.4. The standard InChI is InChI=1S/C20H14F3N3O2/c21-16-8-7-15(17(22)18(16)23)20(28)25-10-12-3-5-14(6-4-12)26-19(27)13-2-1-9-24-11-13/h1-9,11H,10H2,(H,25,28)(H,26,27). The molecule has 0 fully saturated rings. The lowest BCUT2D eigenvalue weighted by Gasteiger charge is -2.09. The maximum atomic E-state index is 13.6. The van der Waals surface area contributed by atoms with Gasteiger partial charge >= 0.3 is 0 Å². The Morgan fingerprint density at radius 1 is 0.893 bits per heavy atom. The van der Waals surface area contributed by atoms with Crippen molar-refractivity contribution in [3.63, 3.8) is 0 Å². The molecular formula is C20H14F3N3O2. The van der Waals surface area contributed by atoms with Crippen LogP contribution in [0.4, 0.5) is 18.9 Å². The second kappa shape index (κ2) is 8.34. The Balaban J connectivity index is 1.59. The summed E-state index contributed by atoms with van der Waals surface area (Å²) in [6, 6.07) is 11.4. The lowest BCUT2D eigenvalue weighted by molar-refractivity contribution is 0.0944. The van der Waals surface area contributed by atoms with Gasteiger partial charge in [-0.05, 0) is 42.0 Å². The Hall–Kier alpha value is -3.68. The number of hydrogen-bond donors (Lipinski definition) is 2. The number of amides is 2. The Kier molecular flexibility index (Phi) is 5.69. The first-order valence-corrected chi connectivity index (χ1v) is 8.17. The number of anilines is 1. The minimum atomic E-state index is -1.69. The molecule has 8 heteroatoms. The molecule has 5 nitrogen and oxygen atoms in total. The number of nitrogens with one attached hydrogen (secondary N) is 2. The van der Waals surface area contributed by atoms with Gasteiger partial charge in [-0.2, -0.15) is 0 Å². The number of rotatable bonds is 5. The van der Waals surface area contributed by atoms with Crippen molar-refractivity contribution in [3.8, 4) is 0 Å². The van der Waals surface area contributed by atoms with Crippen molar-refractivity contribution in [3.05, 3.63) is 95.1 Å². The van der Waals surface area contributed by atoms with E-state index in [9.17, 15) is 22.8 Å². The van der Waals surface area contributed by atoms with Crippen LogP contribution in [0.25, 0.3) is 0 Å². The van der Waals surface area contributed by atoms with Crippen molar-refractivity contribution in [1.82, 2.24) is 10.3 Å². The first kappa shape index (κ1) is 19.1. The van der Waals surface area contributed by atoms with Crippen LogP contribution in [0.15, 0.2) is 60.9 Å². The maximum absolute atomic E-state index is 13.6. The van der Waals surface area contributed by atoms with Crippen molar-refractivity contribution < 1.29 is 22.8 Å². The van der Waals surface area contributed by atoms with Gasteiger partial charge in [0.05, 0.1) is 11.1 Å². The summed E-state index contributed by atoms with van der Waals surface area (Å²) in [5, 5.41) is 5.13. The van der Waals surface area contributed by atoms with Crippen molar-refractivity contribution in [2.75, 3.05) is 5.32 Å². The van der Waals surface area contributed by atoms with E-state index in [0.29, 0.717) is 22.9 Å². The van der Waals surface area contributed by atoms with Gasteiger partial charge in [0.25, 0.3) is 11.8 Å². The predicted octanol–water partition coefficient (Wildman–Crippen LogP) is 3.68. The second-order valence-corrected chi connectivity index (χ2v) is 5.80. The van der Waals surface area contributed by atoms with Crippen LogP contribution in [0.1, 0.15) is 26.3 Å². The van der Waals surface area contributed by atoms with Gasteiger partial charge in [0.1, 0.15) is 0 Å². The van der Waals surface area contributed by atoms with Gasteiger partial charge < -0.3 is 10.6 Å². The molecule has 0 spiro atoms. The van der Waals surface area contributed by atoms with Gasteiger partial charge in [0.15, 0.2) is 17.5 Å². The van der Waals surface area contributed by atoms with E-state index in [0.717, 1.165) is 6.07 Å². The summed E-state index contributed by atoms with van der Waals surface area (Å²) in [5.74, 6) is -5.78. The smallest absolute Gasteiger partial charge is 0.257 e. The van der Waals surface area contributed by atoms with E-state index in [1.807, 2.05) is 0 Å². The third-order valence-corrected chi connectivity index (χ3v) is 3.87. The Morgan fingerprint density at radius 2 is 1.64 bits per heavy atom. The quantitative estimate of drug-likeness (QED) is 0.658. The Bertz CT molecular complexity index is 1010. The zero-order valence-electron chi connectivity index (χ0n) is 14.4. The average molecular weight is 385 g/mol. The predicted molar refractivity (Wildman–Crippen MR) is 96.1 cm³/mol. The summed E-state index contributed by atoms with van der Waals surface area (Å²) >= 11 is 0. The molecule has 0 aliphatic rings. The van der Waals surface area contributed by atoms with Crippen LogP contribution >= 0.6 is 0 Å². The van der Waals surface area contributed by atoms with Crippen molar-refractivity contribution in [2.24, 2.45) is 0 Å².